The Balaban J connectivity index is 2.25. The molecule has 0 unspecified atom stereocenters. The summed E-state index contributed by atoms with van der Waals surface area (Å²) in [6.45, 7) is 0. The van der Waals surface area contributed by atoms with Crippen molar-refractivity contribution >= 4 is 11.8 Å². The van der Waals surface area contributed by atoms with Crippen molar-refractivity contribution in [3.63, 3.8) is 0 Å². The van der Waals surface area contributed by atoms with E-state index in [-0.39, 0.29) is 5.91 Å². The molecule has 0 radical (unpaired) electrons. The fourth-order valence-corrected chi connectivity index (χ4v) is 2.44. The van der Waals surface area contributed by atoms with Gasteiger partial charge in [-0.3, -0.25) is 9.59 Å². The second-order valence-electron chi connectivity index (χ2n) is 5.39. The van der Waals surface area contributed by atoms with Crippen LogP contribution in [-0.4, -0.2) is 41.0 Å². The Kier molecular flexibility index (Phi) is 5.49. The average Bonchev–Trinajstić information content (AvgIpc) is 2.59. The predicted molar refractivity (Wildman–Crippen MR) is 87.7 cm³/mol. The normalized spacial score (nSPS) is 13.1. The first-order valence-electron chi connectivity index (χ1n) is 7.34. The number of rotatable bonds is 6. The Morgan fingerprint density at radius 3 is 2.09 bits per heavy atom. The van der Waals surface area contributed by atoms with Crippen LogP contribution in [0.2, 0.25) is 0 Å². The highest BCUT2D eigenvalue weighted by Gasteiger charge is 2.31. The summed E-state index contributed by atoms with van der Waals surface area (Å²) in [6.07, 6.45) is -1.10. The molecular formula is C18H20N2O3. The van der Waals surface area contributed by atoms with Crippen molar-refractivity contribution in [1.29, 1.82) is 0 Å². The minimum Gasteiger partial charge on any atom is -0.381 e. The van der Waals surface area contributed by atoms with Gasteiger partial charge in [0.25, 0.3) is 5.91 Å². The van der Waals surface area contributed by atoms with Gasteiger partial charge in [0.2, 0.25) is 5.91 Å². The van der Waals surface area contributed by atoms with Crippen LogP contribution in [0.1, 0.15) is 15.9 Å². The van der Waals surface area contributed by atoms with Crippen molar-refractivity contribution in [2.24, 2.45) is 5.73 Å². The van der Waals surface area contributed by atoms with E-state index >= 15 is 0 Å². The van der Waals surface area contributed by atoms with E-state index in [9.17, 15) is 14.7 Å². The first-order valence-corrected chi connectivity index (χ1v) is 7.34. The number of benzene rings is 2. The maximum absolute atomic E-state index is 12.6. The van der Waals surface area contributed by atoms with Crippen LogP contribution in [0.4, 0.5) is 0 Å². The zero-order valence-corrected chi connectivity index (χ0v) is 12.9. The van der Waals surface area contributed by atoms with Crippen LogP contribution in [-0.2, 0) is 11.2 Å². The molecular weight excluding hydrogens is 292 g/mol. The minimum absolute atomic E-state index is 0.271. The van der Waals surface area contributed by atoms with E-state index < -0.39 is 18.1 Å². The highest BCUT2D eigenvalue weighted by molar-refractivity contribution is 5.94. The van der Waals surface area contributed by atoms with Crippen LogP contribution in [0, 0.1) is 0 Å². The van der Waals surface area contributed by atoms with E-state index in [4.69, 9.17) is 5.73 Å². The molecule has 23 heavy (non-hydrogen) atoms. The lowest BCUT2D eigenvalue weighted by atomic mass is 9.98. The van der Waals surface area contributed by atoms with Gasteiger partial charge in [-0.25, -0.2) is 0 Å². The van der Waals surface area contributed by atoms with E-state index in [1.165, 1.54) is 4.90 Å². The van der Waals surface area contributed by atoms with Gasteiger partial charge >= 0.3 is 0 Å². The summed E-state index contributed by atoms with van der Waals surface area (Å²) in [5, 5.41) is 10.1. The number of hydrogen-bond acceptors (Lipinski definition) is 3. The molecule has 0 spiro atoms. The van der Waals surface area contributed by atoms with Gasteiger partial charge in [-0.1, -0.05) is 48.5 Å². The molecule has 0 bridgehead atoms. The number of primary amides is 1. The van der Waals surface area contributed by atoms with Gasteiger partial charge in [0.1, 0.15) is 0 Å². The van der Waals surface area contributed by atoms with Crippen molar-refractivity contribution in [2.45, 2.75) is 18.6 Å². The van der Waals surface area contributed by atoms with Crippen molar-refractivity contribution in [3.8, 4) is 0 Å². The van der Waals surface area contributed by atoms with Gasteiger partial charge in [0, 0.05) is 12.6 Å². The summed E-state index contributed by atoms with van der Waals surface area (Å²) in [7, 11) is 1.56. The predicted octanol–water partition coefficient (Wildman–Crippen LogP) is 1.22. The lowest BCUT2D eigenvalue weighted by molar-refractivity contribution is -0.128. The molecule has 2 aromatic rings. The summed E-state index contributed by atoms with van der Waals surface area (Å²) in [5.74, 6) is -1.12. The highest BCUT2D eigenvalue weighted by atomic mass is 16.3. The number of amides is 2. The number of nitrogens with zero attached hydrogens (tertiary/aromatic N) is 1. The number of aliphatic hydroxyl groups is 1. The molecule has 3 N–H and O–H groups in total. The monoisotopic (exact) mass is 312 g/mol. The Hall–Kier alpha value is -2.66. The Morgan fingerprint density at radius 2 is 1.57 bits per heavy atom. The first-order chi connectivity index (χ1) is 11.0. The Bertz CT molecular complexity index is 658. The third-order valence-corrected chi connectivity index (χ3v) is 3.78. The third kappa shape index (κ3) is 4.17. The van der Waals surface area contributed by atoms with E-state index in [0.29, 0.717) is 12.0 Å². The lowest BCUT2D eigenvalue weighted by Gasteiger charge is -2.31. The molecule has 0 aliphatic heterocycles. The number of carbonyl (C=O) groups excluding carboxylic acids is 2. The van der Waals surface area contributed by atoms with Crippen molar-refractivity contribution in [2.75, 3.05) is 7.05 Å². The summed E-state index contributed by atoms with van der Waals surface area (Å²) < 4.78 is 0. The molecule has 0 fully saturated rings. The first kappa shape index (κ1) is 16.7. The minimum atomic E-state index is -1.44. The van der Waals surface area contributed by atoms with Crippen molar-refractivity contribution < 1.29 is 14.7 Å². The third-order valence-electron chi connectivity index (χ3n) is 3.78. The van der Waals surface area contributed by atoms with Crippen LogP contribution in [0.15, 0.2) is 60.7 Å². The molecule has 0 saturated carbocycles. The fourth-order valence-electron chi connectivity index (χ4n) is 2.44. The molecule has 5 nitrogen and oxygen atoms in total. The number of hydrogen-bond donors (Lipinski definition) is 2. The second kappa shape index (κ2) is 7.56. The standard InChI is InChI=1S/C18H20N2O3/c1-20(18(23)14-10-6-3-7-11-14)15(16(21)17(19)22)12-13-8-4-2-5-9-13/h2-11,15-16,21H,12H2,1H3,(H2,19,22)/t15-,16+/m0/s1. The summed E-state index contributed by atoms with van der Waals surface area (Å²) in [6, 6.07) is 17.3. The number of aliphatic hydroxyl groups excluding tert-OH is 1. The van der Waals surface area contributed by atoms with Gasteiger partial charge in [0.05, 0.1) is 6.04 Å². The quantitative estimate of drug-likeness (QED) is 0.841. The zero-order valence-electron chi connectivity index (χ0n) is 12.9. The summed E-state index contributed by atoms with van der Waals surface area (Å²) in [4.78, 5) is 25.4. The summed E-state index contributed by atoms with van der Waals surface area (Å²) >= 11 is 0. The van der Waals surface area contributed by atoms with Gasteiger partial charge in [-0.05, 0) is 24.1 Å². The largest absolute Gasteiger partial charge is 0.381 e. The molecule has 0 heterocycles. The van der Waals surface area contributed by atoms with Crippen molar-refractivity contribution in [1.82, 2.24) is 4.90 Å². The van der Waals surface area contributed by atoms with Crippen LogP contribution < -0.4 is 5.73 Å². The van der Waals surface area contributed by atoms with E-state index in [0.717, 1.165) is 5.56 Å². The topological polar surface area (TPSA) is 83.6 Å². The van der Waals surface area contributed by atoms with E-state index in [1.807, 2.05) is 36.4 Å². The lowest BCUT2D eigenvalue weighted by Crippen LogP contribution is -2.51. The average molecular weight is 312 g/mol. The van der Waals surface area contributed by atoms with E-state index in [2.05, 4.69) is 0 Å². The van der Waals surface area contributed by atoms with Crippen LogP contribution in [0.5, 0.6) is 0 Å². The number of nitrogens with two attached hydrogens (primary N) is 1. The number of likely N-dealkylation sites (N-methyl/N-ethyl adjacent to an activating group) is 1. The molecule has 2 amide bonds. The molecule has 120 valence electrons. The number of carbonyl (C=O) groups is 2. The van der Waals surface area contributed by atoms with E-state index in [1.54, 1.807) is 31.3 Å². The molecule has 0 aliphatic carbocycles. The molecule has 2 aromatic carbocycles. The molecule has 5 heteroatoms. The smallest absolute Gasteiger partial charge is 0.253 e. The van der Waals surface area contributed by atoms with Gasteiger partial charge < -0.3 is 15.7 Å². The van der Waals surface area contributed by atoms with Gasteiger partial charge in [-0.15, -0.1) is 0 Å². The molecule has 0 aromatic heterocycles. The Morgan fingerprint density at radius 1 is 1.04 bits per heavy atom. The van der Waals surface area contributed by atoms with Crippen LogP contribution >= 0.6 is 0 Å². The van der Waals surface area contributed by atoms with Gasteiger partial charge in [-0.2, -0.15) is 0 Å². The zero-order chi connectivity index (χ0) is 16.8. The van der Waals surface area contributed by atoms with Crippen molar-refractivity contribution in [3.05, 3.63) is 71.8 Å². The Labute approximate surface area is 135 Å². The maximum Gasteiger partial charge on any atom is 0.253 e. The molecule has 0 aliphatic rings. The fraction of sp³-hybridized carbons (Fsp3) is 0.222. The molecule has 2 atom stereocenters. The highest BCUT2D eigenvalue weighted by Crippen LogP contribution is 2.15. The second-order valence-corrected chi connectivity index (χ2v) is 5.39. The van der Waals surface area contributed by atoms with Gasteiger partial charge in [0.15, 0.2) is 6.10 Å². The van der Waals surface area contributed by atoms with Crippen LogP contribution in [0.25, 0.3) is 0 Å². The maximum atomic E-state index is 12.6. The van der Waals surface area contributed by atoms with Crippen LogP contribution in [0.3, 0.4) is 0 Å². The SMILES string of the molecule is CN(C(=O)c1ccccc1)[C@@H](Cc1ccccc1)[C@@H](O)C(N)=O. The molecule has 0 saturated heterocycles. The summed E-state index contributed by atoms with van der Waals surface area (Å²) in [5.41, 5.74) is 6.64. The molecule has 2 rings (SSSR count).